The number of aromatic nitrogens is 2. The Labute approximate surface area is 105 Å². The van der Waals surface area contributed by atoms with Crippen molar-refractivity contribution in [2.45, 2.75) is 33.3 Å². The maximum atomic E-state index is 10.2. The van der Waals surface area contributed by atoms with Gasteiger partial charge in [-0.05, 0) is 38.5 Å². The molecule has 0 aromatic carbocycles. The number of aryl methyl sites for hydroxylation is 3. The highest BCUT2D eigenvalue weighted by molar-refractivity contribution is 7.09. The molecule has 0 bridgehead atoms. The third kappa shape index (κ3) is 3.11. The molecule has 1 atom stereocenters. The summed E-state index contributed by atoms with van der Waals surface area (Å²) >= 11 is 1.61. The van der Waals surface area contributed by atoms with E-state index in [1.54, 1.807) is 11.3 Å². The number of pyridine rings is 1. The zero-order chi connectivity index (χ0) is 12.4. The standard InChI is InChI=1S/C13H16N2OS/c1-8-4-11(5-9(2)14-8)13(16)6-12-7-17-10(3)15-12/h4-5,7,13,16H,6H2,1-3H3. The Hall–Kier alpha value is -1.26. The van der Waals surface area contributed by atoms with E-state index in [4.69, 9.17) is 0 Å². The number of rotatable bonds is 3. The van der Waals surface area contributed by atoms with Gasteiger partial charge in [0.05, 0.1) is 16.8 Å². The van der Waals surface area contributed by atoms with Crippen molar-refractivity contribution in [3.05, 3.63) is 45.2 Å². The molecular weight excluding hydrogens is 232 g/mol. The molecule has 0 aliphatic rings. The molecular formula is C13H16N2OS. The lowest BCUT2D eigenvalue weighted by Crippen LogP contribution is -2.04. The van der Waals surface area contributed by atoms with E-state index >= 15 is 0 Å². The van der Waals surface area contributed by atoms with Gasteiger partial charge in [-0.15, -0.1) is 11.3 Å². The van der Waals surface area contributed by atoms with Crippen LogP contribution in [0.2, 0.25) is 0 Å². The van der Waals surface area contributed by atoms with Crippen LogP contribution >= 0.6 is 11.3 Å². The minimum absolute atomic E-state index is 0.503. The van der Waals surface area contributed by atoms with E-state index in [9.17, 15) is 5.11 Å². The molecule has 2 aromatic heterocycles. The van der Waals surface area contributed by atoms with E-state index in [1.807, 2.05) is 38.3 Å². The molecule has 0 spiro atoms. The maximum absolute atomic E-state index is 10.2. The molecule has 0 aliphatic heterocycles. The Morgan fingerprint density at radius 2 is 1.82 bits per heavy atom. The molecule has 1 unspecified atom stereocenters. The predicted octanol–water partition coefficient (Wildman–Crippen LogP) is 2.74. The van der Waals surface area contributed by atoms with Crippen molar-refractivity contribution >= 4 is 11.3 Å². The van der Waals surface area contributed by atoms with Crippen LogP contribution in [0.3, 0.4) is 0 Å². The fraction of sp³-hybridized carbons (Fsp3) is 0.385. The molecule has 90 valence electrons. The van der Waals surface area contributed by atoms with Crippen molar-refractivity contribution in [1.29, 1.82) is 0 Å². The molecule has 0 radical (unpaired) electrons. The summed E-state index contributed by atoms with van der Waals surface area (Å²) in [5, 5.41) is 13.2. The normalized spacial score (nSPS) is 12.7. The number of hydrogen-bond donors (Lipinski definition) is 1. The summed E-state index contributed by atoms with van der Waals surface area (Å²) in [4.78, 5) is 8.67. The highest BCUT2D eigenvalue weighted by atomic mass is 32.1. The monoisotopic (exact) mass is 248 g/mol. The van der Waals surface area contributed by atoms with E-state index in [0.717, 1.165) is 27.7 Å². The first kappa shape index (κ1) is 12.2. The number of aliphatic hydroxyl groups excluding tert-OH is 1. The highest BCUT2D eigenvalue weighted by Gasteiger charge is 2.11. The summed E-state index contributed by atoms with van der Waals surface area (Å²) in [5.41, 5.74) is 3.75. The van der Waals surface area contributed by atoms with E-state index in [2.05, 4.69) is 9.97 Å². The summed E-state index contributed by atoms with van der Waals surface area (Å²) in [6, 6.07) is 3.85. The second-order valence-corrected chi connectivity index (χ2v) is 5.32. The van der Waals surface area contributed by atoms with E-state index in [0.29, 0.717) is 6.42 Å². The van der Waals surface area contributed by atoms with Gasteiger partial charge in [-0.2, -0.15) is 0 Å². The molecule has 0 saturated heterocycles. The topological polar surface area (TPSA) is 46.0 Å². The van der Waals surface area contributed by atoms with Gasteiger partial charge in [0.1, 0.15) is 0 Å². The van der Waals surface area contributed by atoms with Gasteiger partial charge in [-0.25, -0.2) is 4.98 Å². The predicted molar refractivity (Wildman–Crippen MR) is 69.2 cm³/mol. The van der Waals surface area contributed by atoms with Gasteiger partial charge in [0.2, 0.25) is 0 Å². The van der Waals surface area contributed by atoms with Crippen LogP contribution in [-0.4, -0.2) is 15.1 Å². The van der Waals surface area contributed by atoms with Crippen molar-refractivity contribution in [3.8, 4) is 0 Å². The summed E-state index contributed by atoms with van der Waals surface area (Å²) in [6.45, 7) is 5.85. The quantitative estimate of drug-likeness (QED) is 0.908. The average molecular weight is 248 g/mol. The molecule has 0 amide bonds. The van der Waals surface area contributed by atoms with Crippen molar-refractivity contribution in [2.24, 2.45) is 0 Å². The van der Waals surface area contributed by atoms with Crippen LogP contribution in [0, 0.1) is 20.8 Å². The second kappa shape index (κ2) is 4.94. The van der Waals surface area contributed by atoms with Crippen LogP contribution in [0.5, 0.6) is 0 Å². The molecule has 0 fully saturated rings. The third-order valence-corrected chi connectivity index (χ3v) is 3.38. The van der Waals surface area contributed by atoms with Gasteiger partial charge < -0.3 is 5.11 Å². The summed E-state index contributed by atoms with van der Waals surface area (Å²) in [5.74, 6) is 0. The summed E-state index contributed by atoms with van der Waals surface area (Å²) < 4.78 is 0. The van der Waals surface area contributed by atoms with Crippen LogP contribution in [0.4, 0.5) is 0 Å². The molecule has 0 aliphatic carbocycles. The summed E-state index contributed by atoms with van der Waals surface area (Å²) in [7, 11) is 0. The number of thiazole rings is 1. The lowest BCUT2D eigenvalue weighted by atomic mass is 10.0. The highest BCUT2D eigenvalue weighted by Crippen LogP contribution is 2.20. The molecule has 2 aromatic rings. The minimum atomic E-state index is -0.503. The van der Waals surface area contributed by atoms with E-state index < -0.39 is 6.10 Å². The Morgan fingerprint density at radius 1 is 1.18 bits per heavy atom. The van der Waals surface area contributed by atoms with Crippen LogP contribution in [0.1, 0.15) is 33.8 Å². The van der Waals surface area contributed by atoms with Gasteiger partial charge in [-0.3, -0.25) is 4.98 Å². The fourth-order valence-electron chi connectivity index (χ4n) is 1.88. The Balaban J connectivity index is 2.16. The van der Waals surface area contributed by atoms with Gasteiger partial charge in [-0.1, -0.05) is 0 Å². The smallest absolute Gasteiger partial charge is 0.0897 e. The van der Waals surface area contributed by atoms with E-state index in [1.165, 1.54) is 0 Å². The number of hydrogen-bond acceptors (Lipinski definition) is 4. The van der Waals surface area contributed by atoms with Crippen molar-refractivity contribution in [3.63, 3.8) is 0 Å². The number of aliphatic hydroxyl groups is 1. The first-order valence-electron chi connectivity index (χ1n) is 5.59. The van der Waals surface area contributed by atoms with Crippen molar-refractivity contribution < 1.29 is 5.11 Å². The SMILES string of the molecule is Cc1cc(C(O)Cc2csc(C)n2)cc(C)n1. The fourth-order valence-corrected chi connectivity index (χ4v) is 2.50. The first-order chi connectivity index (χ1) is 8.04. The molecule has 3 nitrogen and oxygen atoms in total. The molecule has 1 N–H and O–H groups in total. The zero-order valence-electron chi connectivity index (χ0n) is 10.3. The van der Waals surface area contributed by atoms with Crippen LogP contribution < -0.4 is 0 Å². The van der Waals surface area contributed by atoms with Crippen molar-refractivity contribution in [1.82, 2.24) is 9.97 Å². The Bertz CT molecular complexity index is 502. The van der Waals surface area contributed by atoms with Crippen LogP contribution in [-0.2, 0) is 6.42 Å². The third-order valence-electron chi connectivity index (χ3n) is 2.56. The van der Waals surface area contributed by atoms with Crippen LogP contribution in [0.25, 0.3) is 0 Å². The summed E-state index contributed by atoms with van der Waals surface area (Å²) in [6.07, 6.45) is 0.0599. The zero-order valence-corrected chi connectivity index (χ0v) is 11.1. The molecule has 17 heavy (non-hydrogen) atoms. The number of nitrogens with zero attached hydrogens (tertiary/aromatic N) is 2. The van der Waals surface area contributed by atoms with Gasteiger partial charge >= 0.3 is 0 Å². The largest absolute Gasteiger partial charge is 0.388 e. The first-order valence-corrected chi connectivity index (χ1v) is 6.47. The molecule has 2 heterocycles. The van der Waals surface area contributed by atoms with Crippen molar-refractivity contribution in [2.75, 3.05) is 0 Å². The molecule has 4 heteroatoms. The second-order valence-electron chi connectivity index (χ2n) is 4.26. The maximum Gasteiger partial charge on any atom is 0.0897 e. The van der Waals surface area contributed by atoms with Gasteiger partial charge in [0, 0.05) is 23.2 Å². The molecule has 0 saturated carbocycles. The molecule has 2 rings (SSSR count). The van der Waals surface area contributed by atoms with Gasteiger partial charge in [0.25, 0.3) is 0 Å². The lowest BCUT2D eigenvalue weighted by Gasteiger charge is -2.11. The minimum Gasteiger partial charge on any atom is -0.388 e. The van der Waals surface area contributed by atoms with E-state index in [-0.39, 0.29) is 0 Å². The van der Waals surface area contributed by atoms with Crippen LogP contribution in [0.15, 0.2) is 17.5 Å². The lowest BCUT2D eigenvalue weighted by molar-refractivity contribution is 0.177. The van der Waals surface area contributed by atoms with Gasteiger partial charge in [0.15, 0.2) is 0 Å². The Morgan fingerprint density at radius 3 is 2.35 bits per heavy atom. The average Bonchev–Trinajstić information content (AvgIpc) is 2.62. The Kier molecular flexibility index (Phi) is 3.54.